The second-order valence-electron chi connectivity index (χ2n) is 8.46. The van der Waals surface area contributed by atoms with Gasteiger partial charge in [-0.1, -0.05) is 17.8 Å². The molecule has 4 rings (SSSR count). The monoisotopic (exact) mass is 557 g/mol. The average molecular weight is 558 g/mol. The van der Waals surface area contributed by atoms with E-state index in [1.807, 2.05) is 0 Å². The van der Waals surface area contributed by atoms with Crippen LogP contribution in [0.3, 0.4) is 0 Å². The lowest BCUT2D eigenvalue weighted by Gasteiger charge is -2.24. The van der Waals surface area contributed by atoms with Gasteiger partial charge in [-0.2, -0.15) is 0 Å². The lowest BCUT2D eigenvalue weighted by molar-refractivity contribution is -0.136. The highest BCUT2D eigenvalue weighted by molar-refractivity contribution is 7.98. The summed E-state index contributed by atoms with van der Waals surface area (Å²) < 4.78 is 55.1. The van der Waals surface area contributed by atoms with Crippen molar-refractivity contribution in [2.24, 2.45) is 0 Å². The van der Waals surface area contributed by atoms with Gasteiger partial charge in [0.25, 0.3) is 0 Å². The molecule has 0 bridgehead atoms. The fourth-order valence-corrected chi connectivity index (χ4v) is 5.10. The molecule has 11 heteroatoms. The van der Waals surface area contributed by atoms with Crippen molar-refractivity contribution in [3.63, 3.8) is 0 Å². The number of ether oxygens (including phenoxy) is 2. The van der Waals surface area contributed by atoms with Gasteiger partial charge in [0.1, 0.15) is 23.3 Å². The molecule has 0 aliphatic heterocycles. The molecule has 7 nitrogen and oxygen atoms in total. The van der Waals surface area contributed by atoms with Gasteiger partial charge in [-0.05, 0) is 48.5 Å². The maximum Gasteiger partial charge on any atom is 0.303 e. The van der Waals surface area contributed by atoms with Crippen molar-refractivity contribution in [1.29, 1.82) is 0 Å². The first-order valence-electron chi connectivity index (χ1n) is 11.8. The Morgan fingerprint density at radius 1 is 1.00 bits per heavy atom. The molecule has 0 fully saturated rings. The first-order valence-corrected chi connectivity index (χ1v) is 12.8. The van der Waals surface area contributed by atoms with E-state index in [-0.39, 0.29) is 24.2 Å². The van der Waals surface area contributed by atoms with Crippen LogP contribution in [0.15, 0.2) is 65.8 Å². The molecule has 0 amide bonds. The van der Waals surface area contributed by atoms with Gasteiger partial charge in [-0.25, -0.2) is 18.2 Å². The fourth-order valence-electron chi connectivity index (χ4n) is 4.05. The quantitative estimate of drug-likeness (QED) is 0.214. The zero-order valence-electron chi connectivity index (χ0n) is 21.5. The van der Waals surface area contributed by atoms with Gasteiger partial charge in [0.05, 0.1) is 26.3 Å². The fraction of sp³-hybridized carbons (Fsp3) is 0.214. The van der Waals surface area contributed by atoms with Crippen LogP contribution in [0.25, 0.3) is 5.69 Å². The number of aryl methyl sites for hydroxylation is 1. The number of aromatic nitrogens is 2. The molecule has 0 spiro atoms. The van der Waals surface area contributed by atoms with Crippen molar-refractivity contribution in [3.05, 3.63) is 89.4 Å². The zero-order chi connectivity index (χ0) is 28.1. The van der Waals surface area contributed by atoms with Crippen molar-refractivity contribution in [3.8, 4) is 17.2 Å². The van der Waals surface area contributed by atoms with Crippen LogP contribution in [-0.2, 0) is 17.0 Å². The van der Waals surface area contributed by atoms with E-state index in [0.717, 1.165) is 11.8 Å². The molecule has 1 N–H and O–H groups in total. The lowest BCUT2D eigenvalue weighted by atomic mass is 10.2. The molecule has 0 radical (unpaired) electrons. The van der Waals surface area contributed by atoms with Crippen LogP contribution >= 0.6 is 11.8 Å². The van der Waals surface area contributed by atoms with Crippen LogP contribution in [0.2, 0.25) is 0 Å². The van der Waals surface area contributed by atoms with Gasteiger partial charge in [-0.3, -0.25) is 9.36 Å². The molecule has 0 aliphatic rings. The molecular weight excluding hydrogens is 531 g/mol. The molecule has 0 aliphatic carbocycles. The minimum absolute atomic E-state index is 0.0748. The minimum atomic E-state index is -1.01. The maximum atomic E-state index is 14.4. The predicted molar refractivity (Wildman–Crippen MR) is 143 cm³/mol. The molecule has 0 unspecified atom stereocenters. The zero-order valence-corrected chi connectivity index (χ0v) is 22.3. The lowest BCUT2D eigenvalue weighted by Crippen LogP contribution is -2.16. The van der Waals surface area contributed by atoms with Crippen molar-refractivity contribution in [2.45, 2.75) is 23.8 Å². The van der Waals surface area contributed by atoms with Crippen molar-refractivity contribution >= 4 is 29.2 Å². The molecule has 1 heterocycles. The summed E-state index contributed by atoms with van der Waals surface area (Å²) in [5, 5.41) is 9.73. The Hall–Kier alpha value is -4.12. The number of methoxy groups -OCH3 is 2. The first kappa shape index (κ1) is 27.9. The Morgan fingerprint density at radius 3 is 2.28 bits per heavy atom. The second kappa shape index (κ2) is 12.2. The number of imidazole rings is 1. The number of nitrogens with zero attached hydrogens (tertiary/aromatic N) is 3. The molecule has 4 aromatic rings. The summed E-state index contributed by atoms with van der Waals surface area (Å²) in [5.41, 5.74) is 1.53. The SMILES string of the molecule is COc1ccc(N(C)c2c(CCC(=O)O)nc(SCc3c(F)cccc3F)n2-c2ccc(F)cc2)cc1OC. The largest absolute Gasteiger partial charge is 0.493 e. The molecule has 39 heavy (non-hydrogen) atoms. The summed E-state index contributed by atoms with van der Waals surface area (Å²) in [6, 6.07) is 14.6. The number of anilines is 2. The van der Waals surface area contributed by atoms with E-state index in [1.54, 1.807) is 46.8 Å². The number of thioether (sulfide) groups is 1. The van der Waals surface area contributed by atoms with Gasteiger partial charge in [-0.15, -0.1) is 0 Å². The molecule has 204 valence electrons. The van der Waals surface area contributed by atoms with E-state index in [4.69, 9.17) is 14.5 Å². The van der Waals surface area contributed by atoms with Crippen molar-refractivity contribution < 1.29 is 32.5 Å². The van der Waals surface area contributed by atoms with Gasteiger partial charge >= 0.3 is 5.97 Å². The molecular formula is C28H26F3N3O4S. The van der Waals surface area contributed by atoms with E-state index in [9.17, 15) is 23.1 Å². The minimum Gasteiger partial charge on any atom is -0.493 e. The van der Waals surface area contributed by atoms with Crippen LogP contribution in [0.5, 0.6) is 11.5 Å². The molecule has 0 atom stereocenters. The summed E-state index contributed by atoms with van der Waals surface area (Å²) in [7, 11) is 4.81. The number of hydrogen-bond donors (Lipinski definition) is 1. The van der Waals surface area contributed by atoms with Crippen LogP contribution in [0.4, 0.5) is 24.7 Å². The smallest absolute Gasteiger partial charge is 0.303 e. The van der Waals surface area contributed by atoms with Crippen LogP contribution in [0.1, 0.15) is 17.7 Å². The molecule has 0 saturated heterocycles. The number of carbonyl (C=O) groups is 1. The van der Waals surface area contributed by atoms with Crippen molar-refractivity contribution in [1.82, 2.24) is 9.55 Å². The Morgan fingerprint density at radius 2 is 1.67 bits per heavy atom. The summed E-state index contributed by atoms with van der Waals surface area (Å²) >= 11 is 1.08. The normalized spacial score (nSPS) is 10.9. The highest BCUT2D eigenvalue weighted by atomic mass is 32.2. The Kier molecular flexibility index (Phi) is 8.70. The number of rotatable bonds is 11. The third-order valence-electron chi connectivity index (χ3n) is 6.03. The van der Waals surface area contributed by atoms with E-state index in [2.05, 4.69) is 0 Å². The van der Waals surface area contributed by atoms with Gasteiger partial charge < -0.3 is 19.5 Å². The summed E-state index contributed by atoms with van der Waals surface area (Å²) in [5.74, 6) is -1.38. The summed E-state index contributed by atoms with van der Waals surface area (Å²) in [6.45, 7) is 0. The van der Waals surface area contributed by atoms with Crippen LogP contribution < -0.4 is 14.4 Å². The topological polar surface area (TPSA) is 76.8 Å². The number of hydrogen-bond acceptors (Lipinski definition) is 6. The van der Waals surface area contributed by atoms with E-state index >= 15 is 0 Å². The van der Waals surface area contributed by atoms with E-state index in [0.29, 0.717) is 39.5 Å². The Labute approximate surface area is 227 Å². The number of carboxylic acids is 1. The third kappa shape index (κ3) is 6.14. The molecule has 1 aromatic heterocycles. The number of halogens is 3. The molecule has 3 aromatic carbocycles. The molecule has 0 saturated carbocycles. The number of benzene rings is 3. The van der Waals surface area contributed by atoms with E-state index < -0.39 is 23.4 Å². The Bertz CT molecular complexity index is 1460. The summed E-state index contributed by atoms with van der Waals surface area (Å²) in [6.07, 6.45) is -0.114. The summed E-state index contributed by atoms with van der Waals surface area (Å²) in [4.78, 5) is 18.0. The van der Waals surface area contributed by atoms with Crippen molar-refractivity contribution in [2.75, 3.05) is 26.2 Å². The maximum absolute atomic E-state index is 14.4. The van der Waals surface area contributed by atoms with Crippen LogP contribution in [0, 0.1) is 17.5 Å². The van der Waals surface area contributed by atoms with Gasteiger partial charge in [0, 0.05) is 42.2 Å². The Balaban J connectivity index is 1.87. The average Bonchev–Trinajstić information content (AvgIpc) is 3.29. The van der Waals surface area contributed by atoms with E-state index in [1.165, 1.54) is 44.6 Å². The highest BCUT2D eigenvalue weighted by Crippen LogP contribution is 2.39. The highest BCUT2D eigenvalue weighted by Gasteiger charge is 2.25. The third-order valence-corrected chi connectivity index (χ3v) is 7.00. The van der Waals surface area contributed by atoms with Crippen LogP contribution in [-0.4, -0.2) is 41.9 Å². The van der Waals surface area contributed by atoms with Gasteiger partial charge in [0.2, 0.25) is 0 Å². The standard InChI is InChI=1S/C28H26F3N3O4S/c1-33(19-11-13-24(37-2)25(15-19)38-3)27-23(12-14-26(35)36)32-28(34(27)18-9-7-17(29)8-10-18)39-16-20-21(30)5-4-6-22(20)31/h4-11,13,15H,12,14,16H2,1-3H3,(H,35,36). The first-order chi connectivity index (χ1) is 18.7. The predicted octanol–water partition coefficient (Wildman–Crippen LogP) is 6.38. The second-order valence-corrected chi connectivity index (χ2v) is 9.40. The number of aliphatic carboxylic acids is 1. The number of carboxylic acid groups (broad SMARTS) is 1. The van der Waals surface area contributed by atoms with Gasteiger partial charge in [0.15, 0.2) is 16.7 Å².